The lowest BCUT2D eigenvalue weighted by Crippen LogP contribution is -2.48. The third-order valence-corrected chi connectivity index (χ3v) is 3.25. The molecule has 0 unspecified atom stereocenters. The fraction of sp³-hybridized carbons (Fsp3) is 0.727. The van der Waals surface area contributed by atoms with Crippen LogP contribution < -0.4 is 16.0 Å². The SMILES string of the molecule is CNC(=O)CNC(=O)NCC1(CC(=O)O)CCC1. The fourth-order valence-electron chi connectivity index (χ4n) is 1.99. The Morgan fingerprint density at radius 2 is 1.89 bits per heavy atom. The minimum atomic E-state index is -0.845. The van der Waals surface area contributed by atoms with E-state index in [0.29, 0.717) is 6.54 Å². The summed E-state index contributed by atoms with van der Waals surface area (Å²) in [6.07, 6.45) is 2.70. The molecular weight excluding hydrogens is 238 g/mol. The largest absolute Gasteiger partial charge is 0.481 e. The van der Waals surface area contributed by atoms with E-state index < -0.39 is 12.0 Å². The smallest absolute Gasteiger partial charge is 0.315 e. The van der Waals surface area contributed by atoms with Crippen molar-refractivity contribution < 1.29 is 19.5 Å². The van der Waals surface area contributed by atoms with Crippen LogP contribution in [-0.2, 0) is 9.59 Å². The van der Waals surface area contributed by atoms with Gasteiger partial charge < -0.3 is 21.1 Å². The van der Waals surface area contributed by atoms with Gasteiger partial charge in [-0.15, -0.1) is 0 Å². The van der Waals surface area contributed by atoms with Crippen LogP contribution in [0.5, 0.6) is 0 Å². The van der Waals surface area contributed by atoms with Gasteiger partial charge in [0.25, 0.3) is 0 Å². The standard InChI is InChI=1S/C11H19N3O4/c1-12-8(15)6-13-10(18)14-7-11(3-2-4-11)5-9(16)17/h2-7H2,1H3,(H,12,15)(H,16,17)(H2,13,14,18). The second-order valence-electron chi connectivity index (χ2n) is 4.63. The van der Waals surface area contributed by atoms with Crippen LogP contribution in [0.1, 0.15) is 25.7 Å². The van der Waals surface area contributed by atoms with Crippen LogP contribution in [0.4, 0.5) is 4.79 Å². The number of hydrogen-bond acceptors (Lipinski definition) is 3. The van der Waals surface area contributed by atoms with Crippen molar-refractivity contribution >= 4 is 17.9 Å². The molecule has 0 saturated heterocycles. The summed E-state index contributed by atoms with van der Waals surface area (Å²) in [5.74, 6) is -1.13. The number of hydrogen-bond donors (Lipinski definition) is 4. The summed E-state index contributed by atoms with van der Waals surface area (Å²) in [5, 5.41) is 16.2. The first kappa shape index (κ1) is 14.3. The van der Waals surface area contributed by atoms with E-state index >= 15 is 0 Å². The van der Waals surface area contributed by atoms with Gasteiger partial charge in [0.15, 0.2) is 0 Å². The molecule has 7 heteroatoms. The summed E-state index contributed by atoms with van der Waals surface area (Å²) in [4.78, 5) is 33.0. The van der Waals surface area contributed by atoms with E-state index in [1.165, 1.54) is 7.05 Å². The van der Waals surface area contributed by atoms with Crippen LogP contribution in [0, 0.1) is 5.41 Å². The second kappa shape index (κ2) is 6.23. The van der Waals surface area contributed by atoms with E-state index in [-0.39, 0.29) is 24.3 Å². The number of aliphatic carboxylic acids is 1. The van der Waals surface area contributed by atoms with Crippen LogP contribution in [0.15, 0.2) is 0 Å². The molecule has 0 spiro atoms. The first-order chi connectivity index (χ1) is 8.47. The molecule has 0 aromatic rings. The maximum Gasteiger partial charge on any atom is 0.315 e. The Morgan fingerprint density at radius 1 is 1.22 bits per heavy atom. The fourth-order valence-corrected chi connectivity index (χ4v) is 1.99. The number of rotatable bonds is 6. The number of carboxylic acids is 1. The molecule has 0 aromatic carbocycles. The Hall–Kier alpha value is -1.79. The molecule has 0 aromatic heterocycles. The normalized spacial score (nSPS) is 16.3. The highest BCUT2D eigenvalue weighted by atomic mass is 16.4. The van der Waals surface area contributed by atoms with Crippen molar-refractivity contribution in [1.82, 2.24) is 16.0 Å². The van der Waals surface area contributed by atoms with Crippen molar-refractivity contribution in [3.05, 3.63) is 0 Å². The molecule has 1 aliphatic rings. The molecule has 4 N–H and O–H groups in total. The number of carbonyl (C=O) groups excluding carboxylic acids is 2. The minimum absolute atomic E-state index is 0.0721. The molecule has 7 nitrogen and oxygen atoms in total. The van der Waals surface area contributed by atoms with E-state index in [2.05, 4.69) is 16.0 Å². The molecule has 1 aliphatic carbocycles. The van der Waals surface area contributed by atoms with Crippen molar-refractivity contribution in [2.24, 2.45) is 5.41 Å². The molecule has 1 fully saturated rings. The molecule has 0 aliphatic heterocycles. The molecule has 0 heterocycles. The summed E-state index contributed by atoms with van der Waals surface area (Å²) in [7, 11) is 1.48. The zero-order valence-corrected chi connectivity index (χ0v) is 10.4. The monoisotopic (exact) mass is 257 g/mol. The topological polar surface area (TPSA) is 108 Å². The first-order valence-corrected chi connectivity index (χ1v) is 5.91. The maximum atomic E-state index is 11.4. The van der Waals surface area contributed by atoms with Crippen molar-refractivity contribution in [3.8, 4) is 0 Å². The van der Waals surface area contributed by atoms with Crippen LogP contribution in [0.3, 0.4) is 0 Å². The van der Waals surface area contributed by atoms with Crippen LogP contribution in [0.25, 0.3) is 0 Å². The van der Waals surface area contributed by atoms with Gasteiger partial charge in [-0.25, -0.2) is 4.79 Å². The van der Waals surface area contributed by atoms with Crippen molar-refractivity contribution in [3.63, 3.8) is 0 Å². The number of urea groups is 1. The van der Waals surface area contributed by atoms with Crippen LogP contribution >= 0.6 is 0 Å². The molecule has 18 heavy (non-hydrogen) atoms. The van der Waals surface area contributed by atoms with Crippen molar-refractivity contribution in [2.75, 3.05) is 20.1 Å². The molecular formula is C11H19N3O4. The number of carboxylic acid groups (broad SMARTS) is 1. The van der Waals surface area contributed by atoms with E-state index in [0.717, 1.165) is 19.3 Å². The quantitative estimate of drug-likeness (QED) is 0.523. The van der Waals surface area contributed by atoms with E-state index in [1.807, 2.05) is 0 Å². The average molecular weight is 257 g/mol. The van der Waals surface area contributed by atoms with Gasteiger partial charge >= 0.3 is 12.0 Å². The molecule has 3 amide bonds. The predicted molar refractivity (Wildman–Crippen MR) is 64.0 cm³/mol. The highest BCUT2D eigenvalue weighted by molar-refractivity contribution is 5.83. The Bertz CT molecular complexity index is 339. The molecule has 1 rings (SSSR count). The summed E-state index contributed by atoms with van der Waals surface area (Å²) >= 11 is 0. The Kier molecular flexibility index (Phi) is 4.94. The van der Waals surface area contributed by atoms with Gasteiger partial charge in [-0.3, -0.25) is 9.59 Å². The Labute approximate surface area is 105 Å². The average Bonchev–Trinajstić information content (AvgIpc) is 2.28. The van der Waals surface area contributed by atoms with E-state index in [4.69, 9.17) is 5.11 Å². The maximum absolute atomic E-state index is 11.4. The summed E-state index contributed by atoms with van der Waals surface area (Å²) < 4.78 is 0. The van der Waals surface area contributed by atoms with Crippen molar-refractivity contribution in [2.45, 2.75) is 25.7 Å². The number of amides is 3. The molecule has 0 radical (unpaired) electrons. The van der Waals surface area contributed by atoms with Gasteiger partial charge in [0.05, 0.1) is 13.0 Å². The third-order valence-electron chi connectivity index (χ3n) is 3.25. The molecule has 0 bridgehead atoms. The van der Waals surface area contributed by atoms with Crippen LogP contribution in [-0.4, -0.2) is 43.2 Å². The summed E-state index contributed by atoms with van der Waals surface area (Å²) in [5.41, 5.74) is -0.309. The summed E-state index contributed by atoms with van der Waals surface area (Å²) in [6.45, 7) is 0.243. The highest BCUT2D eigenvalue weighted by Gasteiger charge is 2.39. The van der Waals surface area contributed by atoms with E-state index in [9.17, 15) is 14.4 Å². The van der Waals surface area contributed by atoms with E-state index in [1.54, 1.807) is 0 Å². The predicted octanol–water partition coefficient (Wildman–Crippen LogP) is -0.323. The van der Waals surface area contributed by atoms with Crippen LogP contribution in [0.2, 0.25) is 0 Å². The van der Waals surface area contributed by atoms with Gasteiger partial charge in [-0.05, 0) is 18.3 Å². The lowest BCUT2D eigenvalue weighted by Gasteiger charge is -2.40. The van der Waals surface area contributed by atoms with Gasteiger partial charge in [0.1, 0.15) is 0 Å². The molecule has 0 atom stereocenters. The van der Waals surface area contributed by atoms with Crippen molar-refractivity contribution in [1.29, 1.82) is 0 Å². The molecule has 102 valence electrons. The lowest BCUT2D eigenvalue weighted by atomic mass is 9.66. The Morgan fingerprint density at radius 3 is 2.33 bits per heavy atom. The number of nitrogens with one attached hydrogen (secondary N) is 3. The first-order valence-electron chi connectivity index (χ1n) is 5.91. The van der Waals surface area contributed by atoms with Gasteiger partial charge in [0.2, 0.25) is 5.91 Å². The Balaban J connectivity index is 2.28. The lowest BCUT2D eigenvalue weighted by molar-refractivity contribution is -0.141. The highest BCUT2D eigenvalue weighted by Crippen LogP contribution is 2.43. The van der Waals surface area contributed by atoms with Gasteiger partial charge in [-0.1, -0.05) is 6.42 Å². The minimum Gasteiger partial charge on any atom is -0.481 e. The second-order valence-corrected chi connectivity index (χ2v) is 4.63. The number of likely N-dealkylation sites (N-methyl/N-ethyl adjacent to an activating group) is 1. The number of carbonyl (C=O) groups is 3. The molecule has 1 saturated carbocycles. The zero-order valence-electron chi connectivity index (χ0n) is 10.4. The van der Waals surface area contributed by atoms with Gasteiger partial charge in [0, 0.05) is 13.6 Å². The van der Waals surface area contributed by atoms with Gasteiger partial charge in [-0.2, -0.15) is 0 Å². The third kappa shape index (κ3) is 4.23. The summed E-state index contributed by atoms with van der Waals surface area (Å²) in [6, 6.07) is -0.449. The zero-order chi connectivity index (χ0) is 13.6.